The number of nitrogens with zero attached hydrogens (tertiary/aromatic N) is 1. The summed E-state index contributed by atoms with van der Waals surface area (Å²) in [5.41, 5.74) is 2.30. The van der Waals surface area contributed by atoms with E-state index in [1.807, 2.05) is 36.4 Å². The molecule has 0 aliphatic carbocycles. The smallest absolute Gasteiger partial charge is 0.257 e. The first kappa shape index (κ1) is 18.5. The number of aliphatic hydroxyl groups is 1. The van der Waals surface area contributed by atoms with Crippen LogP contribution < -0.4 is 0 Å². The van der Waals surface area contributed by atoms with Gasteiger partial charge in [-0.2, -0.15) is 0 Å². The van der Waals surface area contributed by atoms with Crippen LogP contribution in [0.4, 0.5) is 0 Å². The Kier molecular flexibility index (Phi) is 5.62. The van der Waals surface area contributed by atoms with Crippen LogP contribution in [-0.2, 0) is 0 Å². The highest BCUT2D eigenvalue weighted by atomic mass is 16.3. The van der Waals surface area contributed by atoms with Gasteiger partial charge in [0.05, 0.1) is 11.7 Å². The zero-order chi connectivity index (χ0) is 18.7. The van der Waals surface area contributed by atoms with Crippen LogP contribution in [0.2, 0.25) is 0 Å². The van der Waals surface area contributed by atoms with E-state index in [0.717, 1.165) is 24.0 Å². The number of benzene rings is 2. The highest BCUT2D eigenvalue weighted by Gasteiger charge is 2.29. The first-order chi connectivity index (χ1) is 12.5. The number of aliphatic hydroxyl groups excluding tert-OH is 1. The maximum Gasteiger partial charge on any atom is 0.257 e. The third kappa shape index (κ3) is 3.91. The fourth-order valence-corrected chi connectivity index (χ4v) is 3.60. The first-order valence-electron chi connectivity index (χ1n) is 9.32. The fraction of sp³-hybridized carbons (Fsp3) is 0.409. The lowest BCUT2D eigenvalue weighted by atomic mass is 9.87. The molecule has 1 heterocycles. The van der Waals surface area contributed by atoms with E-state index in [1.165, 1.54) is 0 Å². The zero-order valence-electron chi connectivity index (χ0n) is 15.4. The lowest BCUT2D eigenvalue weighted by Gasteiger charge is -2.34. The average Bonchev–Trinajstić information content (AvgIpc) is 2.67. The first-order valence-corrected chi connectivity index (χ1v) is 9.32. The third-order valence-corrected chi connectivity index (χ3v) is 5.33. The Morgan fingerprint density at radius 1 is 1.04 bits per heavy atom. The summed E-state index contributed by atoms with van der Waals surface area (Å²) < 4.78 is 0. The molecule has 26 heavy (non-hydrogen) atoms. The second-order valence-electron chi connectivity index (χ2n) is 7.42. The summed E-state index contributed by atoms with van der Waals surface area (Å²) >= 11 is 0. The number of amides is 1. The van der Waals surface area contributed by atoms with E-state index in [-0.39, 0.29) is 17.6 Å². The van der Waals surface area contributed by atoms with E-state index < -0.39 is 6.10 Å². The minimum Gasteiger partial charge on any atom is -0.507 e. The van der Waals surface area contributed by atoms with Gasteiger partial charge in [0, 0.05) is 13.1 Å². The van der Waals surface area contributed by atoms with Gasteiger partial charge >= 0.3 is 0 Å². The summed E-state index contributed by atoms with van der Waals surface area (Å²) in [6.45, 7) is 5.30. The Bertz CT molecular complexity index is 749. The molecule has 1 aliphatic rings. The monoisotopic (exact) mass is 353 g/mol. The second kappa shape index (κ2) is 7.92. The van der Waals surface area contributed by atoms with Crippen LogP contribution in [0.5, 0.6) is 5.75 Å². The molecule has 1 fully saturated rings. The molecule has 2 aromatic carbocycles. The number of hydrogen-bond donors (Lipinski definition) is 2. The van der Waals surface area contributed by atoms with Gasteiger partial charge in [-0.15, -0.1) is 0 Å². The van der Waals surface area contributed by atoms with Gasteiger partial charge < -0.3 is 15.1 Å². The molecule has 0 unspecified atom stereocenters. The van der Waals surface area contributed by atoms with Crippen molar-refractivity contribution in [3.8, 4) is 5.75 Å². The van der Waals surface area contributed by atoms with Crippen LogP contribution in [0.25, 0.3) is 0 Å². The van der Waals surface area contributed by atoms with Crippen molar-refractivity contribution in [1.29, 1.82) is 0 Å². The number of piperidine rings is 1. The molecule has 0 spiro atoms. The van der Waals surface area contributed by atoms with Gasteiger partial charge in [-0.05, 0) is 47.9 Å². The number of likely N-dealkylation sites (tertiary alicyclic amines) is 1. The van der Waals surface area contributed by atoms with Crippen LogP contribution in [0.1, 0.15) is 60.2 Å². The molecule has 4 nitrogen and oxygen atoms in total. The molecular formula is C22H27NO3. The van der Waals surface area contributed by atoms with Gasteiger partial charge in [-0.25, -0.2) is 0 Å². The Balaban J connectivity index is 1.64. The van der Waals surface area contributed by atoms with Gasteiger partial charge in [-0.1, -0.05) is 50.2 Å². The lowest BCUT2D eigenvalue weighted by Crippen LogP contribution is -2.39. The van der Waals surface area contributed by atoms with Crippen LogP contribution in [0, 0.1) is 5.92 Å². The fourth-order valence-electron chi connectivity index (χ4n) is 3.60. The van der Waals surface area contributed by atoms with Crippen molar-refractivity contribution in [1.82, 2.24) is 4.90 Å². The second-order valence-corrected chi connectivity index (χ2v) is 7.42. The highest BCUT2D eigenvalue weighted by molar-refractivity contribution is 5.97. The van der Waals surface area contributed by atoms with E-state index in [0.29, 0.717) is 24.6 Å². The number of carbonyl (C=O) groups is 1. The molecule has 1 atom stereocenters. The standard InChI is InChI=1S/C22H27NO3/c1-15(2)18-8-9-19(20(24)14-18)22(26)23-12-10-17(11-13-23)21(25)16-6-4-3-5-7-16/h3-9,14-15,17,21,24-25H,10-13H2,1-2H3/t21-/m0/s1. The van der Waals surface area contributed by atoms with Crippen LogP contribution in [0.15, 0.2) is 48.5 Å². The number of hydrogen-bond acceptors (Lipinski definition) is 3. The number of phenols is 1. The van der Waals surface area contributed by atoms with Crippen molar-refractivity contribution in [2.75, 3.05) is 13.1 Å². The highest BCUT2D eigenvalue weighted by Crippen LogP contribution is 2.32. The molecule has 1 aliphatic heterocycles. The van der Waals surface area contributed by atoms with Crippen LogP contribution in [0.3, 0.4) is 0 Å². The topological polar surface area (TPSA) is 60.8 Å². The Hall–Kier alpha value is -2.33. The number of aromatic hydroxyl groups is 1. The van der Waals surface area contributed by atoms with Crippen LogP contribution in [-0.4, -0.2) is 34.1 Å². The molecule has 0 bridgehead atoms. The van der Waals surface area contributed by atoms with Crippen molar-refractivity contribution >= 4 is 5.91 Å². The average molecular weight is 353 g/mol. The molecule has 3 rings (SSSR count). The minimum absolute atomic E-state index is 0.0487. The molecule has 0 saturated carbocycles. The van der Waals surface area contributed by atoms with E-state index in [9.17, 15) is 15.0 Å². The Morgan fingerprint density at radius 3 is 2.27 bits per heavy atom. The van der Waals surface area contributed by atoms with Crippen molar-refractivity contribution in [3.63, 3.8) is 0 Å². The predicted molar refractivity (Wildman–Crippen MR) is 102 cm³/mol. The molecule has 0 radical (unpaired) electrons. The minimum atomic E-state index is -0.493. The Morgan fingerprint density at radius 2 is 1.69 bits per heavy atom. The molecule has 1 saturated heterocycles. The number of rotatable bonds is 4. The maximum absolute atomic E-state index is 12.8. The summed E-state index contributed by atoms with van der Waals surface area (Å²) in [5.74, 6) is 0.372. The summed E-state index contributed by atoms with van der Waals surface area (Å²) in [5, 5.41) is 20.8. The zero-order valence-corrected chi connectivity index (χ0v) is 15.4. The largest absolute Gasteiger partial charge is 0.507 e. The summed E-state index contributed by atoms with van der Waals surface area (Å²) in [4.78, 5) is 14.5. The van der Waals surface area contributed by atoms with E-state index in [4.69, 9.17) is 0 Å². The van der Waals surface area contributed by atoms with E-state index >= 15 is 0 Å². The number of phenolic OH excluding ortho intramolecular Hbond substituents is 1. The maximum atomic E-state index is 12.8. The quantitative estimate of drug-likeness (QED) is 0.870. The molecular weight excluding hydrogens is 326 g/mol. The summed E-state index contributed by atoms with van der Waals surface area (Å²) in [7, 11) is 0. The van der Waals surface area contributed by atoms with Crippen molar-refractivity contribution < 1.29 is 15.0 Å². The van der Waals surface area contributed by atoms with Crippen LogP contribution >= 0.6 is 0 Å². The normalized spacial score (nSPS) is 16.7. The molecule has 0 aromatic heterocycles. The van der Waals surface area contributed by atoms with Gasteiger partial charge in [-0.3, -0.25) is 4.79 Å². The molecule has 1 amide bonds. The summed E-state index contributed by atoms with van der Waals surface area (Å²) in [6, 6.07) is 15.0. The molecule has 2 N–H and O–H groups in total. The van der Waals surface area contributed by atoms with Crippen molar-refractivity contribution in [2.45, 2.75) is 38.7 Å². The molecule has 138 valence electrons. The molecule has 4 heteroatoms. The van der Waals surface area contributed by atoms with E-state index in [1.54, 1.807) is 17.0 Å². The van der Waals surface area contributed by atoms with E-state index in [2.05, 4.69) is 13.8 Å². The van der Waals surface area contributed by atoms with Gasteiger partial charge in [0.25, 0.3) is 5.91 Å². The number of carbonyl (C=O) groups excluding carboxylic acids is 1. The SMILES string of the molecule is CC(C)c1ccc(C(=O)N2CCC([C@@H](O)c3ccccc3)CC2)c(O)c1. The molecule has 2 aromatic rings. The predicted octanol–water partition coefficient (Wildman–Crippen LogP) is 4.10. The third-order valence-electron chi connectivity index (χ3n) is 5.33. The van der Waals surface area contributed by atoms with Gasteiger partial charge in [0.2, 0.25) is 0 Å². The summed E-state index contributed by atoms with van der Waals surface area (Å²) in [6.07, 6.45) is 1.02. The van der Waals surface area contributed by atoms with Crippen molar-refractivity contribution in [2.24, 2.45) is 5.92 Å². The Labute approximate surface area is 155 Å². The lowest BCUT2D eigenvalue weighted by molar-refractivity contribution is 0.0460. The van der Waals surface area contributed by atoms with Crippen molar-refractivity contribution in [3.05, 3.63) is 65.2 Å². The van der Waals surface area contributed by atoms with Gasteiger partial charge in [0.1, 0.15) is 5.75 Å². The van der Waals surface area contributed by atoms with Gasteiger partial charge in [0.15, 0.2) is 0 Å².